The summed E-state index contributed by atoms with van der Waals surface area (Å²) in [7, 11) is 0. The Morgan fingerprint density at radius 1 is 1.00 bits per heavy atom. The van der Waals surface area contributed by atoms with E-state index in [1.165, 1.54) is 0 Å². The molecule has 6 nitrogen and oxygen atoms in total. The zero-order valence-corrected chi connectivity index (χ0v) is 17.0. The highest BCUT2D eigenvalue weighted by molar-refractivity contribution is 5.58. The largest absolute Gasteiger partial charge is 0.492 e. The average molecular weight is 399 g/mol. The molecule has 0 saturated carbocycles. The first kappa shape index (κ1) is 19.9. The van der Waals surface area contributed by atoms with Crippen LogP contribution in [0.1, 0.15) is 25.0 Å². The number of hydrogen-bond acceptors (Lipinski definition) is 6. The summed E-state index contributed by atoms with van der Waals surface area (Å²) in [6.07, 6.45) is 0.331. The second-order valence-corrected chi connectivity index (χ2v) is 7.46. The molecule has 0 spiro atoms. The van der Waals surface area contributed by atoms with Crippen LogP contribution in [0.2, 0.25) is 0 Å². The molecule has 1 N–H and O–H groups in total. The zero-order chi connectivity index (χ0) is 20.1. The molecule has 0 aromatic heterocycles. The van der Waals surface area contributed by atoms with Gasteiger partial charge in [-0.25, -0.2) is 0 Å². The number of para-hydroxylation sites is 2. The maximum Gasteiger partial charge on any atom is 0.161 e. The maximum absolute atomic E-state index is 10.8. The fraction of sp³-hybridized carbons (Fsp3) is 0.478. The van der Waals surface area contributed by atoms with E-state index in [0.717, 1.165) is 61.1 Å². The van der Waals surface area contributed by atoms with E-state index >= 15 is 0 Å². The predicted octanol–water partition coefficient (Wildman–Crippen LogP) is 3.10. The van der Waals surface area contributed by atoms with Crippen molar-refractivity contribution in [1.82, 2.24) is 4.90 Å². The van der Waals surface area contributed by atoms with Gasteiger partial charge in [-0.3, -0.25) is 4.90 Å². The number of piperazine rings is 1. The van der Waals surface area contributed by atoms with E-state index in [0.29, 0.717) is 26.4 Å². The molecule has 0 unspecified atom stereocenters. The molecule has 2 heterocycles. The zero-order valence-electron chi connectivity index (χ0n) is 17.0. The number of aliphatic hydroxyl groups excluding tert-OH is 1. The van der Waals surface area contributed by atoms with E-state index in [1.807, 2.05) is 37.3 Å². The van der Waals surface area contributed by atoms with Crippen LogP contribution in [-0.2, 0) is 0 Å². The number of rotatable bonds is 6. The van der Waals surface area contributed by atoms with Crippen LogP contribution in [0, 0.1) is 0 Å². The normalized spacial score (nSPS) is 18.2. The van der Waals surface area contributed by atoms with Crippen LogP contribution in [0.3, 0.4) is 0 Å². The summed E-state index contributed by atoms with van der Waals surface area (Å²) in [5.41, 5.74) is 2.02. The number of β-amino-alcohol motifs (C(OH)–C–C–N with tert-alkyl or cyclic N) is 1. The third-order valence-electron chi connectivity index (χ3n) is 5.47. The molecule has 0 radical (unpaired) electrons. The molecule has 0 amide bonds. The minimum atomic E-state index is -0.547. The fourth-order valence-corrected chi connectivity index (χ4v) is 3.90. The summed E-state index contributed by atoms with van der Waals surface area (Å²) in [6, 6.07) is 14.0. The average Bonchev–Trinajstić information content (AvgIpc) is 3.00. The van der Waals surface area contributed by atoms with E-state index in [1.54, 1.807) is 0 Å². The lowest BCUT2D eigenvalue weighted by atomic mass is 10.1. The third-order valence-corrected chi connectivity index (χ3v) is 5.47. The van der Waals surface area contributed by atoms with E-state index in [4.69, 9.17) is 14.2 Å². The lowest BCUT2D eigenvalue weighted by Crippen LogP contribution is -2.47. The van der Waals surface area contributed by atoms with Crippen LogP contribution in [0.4, 0.5) is 5.69 Å². The Hall–Kier alpha value is -2.44. The molecule has 156 valence electrons. The molecule has 29 heavy (non-hydrogen) atoms. The predicted molar refractivity (Wildman–Crippen MR) is 113 cm³/mol. The van der Waals surface area contributed by atoms with Crippen LogP contribution >= 0.6 is 0 Å². The highest BCUT2D eigenvalue weighted by Crippen LogP contribution is 2.33. The van der Waals surface area contributed by atoms with E-state index < -0.39 is 6.10 Å². The first-order chi connectivity index (χ1) is 14.2. The van der Waals surface area contributed by atoms with Gasteiger partial charge >= 0.3 is 0 Å². The number of nitrogens with zero attached hydrogens (tertiary/aromatic N) is 2. The fourth-order valence-electron chi connectivity index (χ4n) is 3.90. The second kappa shape index (κ2) is 9.37. The first-order valence-electron chi connectivity index (χ1n) is 10.5. The second-order valence-electron chi connectivity index (χ2n) is 7.46. The van der Waals surface area contributed by atoms with Crippen molar-refractivity contribution in [2.24, 2.45) is 0 Å². The molecule has 0 bridgehead atoms. The minimum absolute atomic E-state index is 0.547. The van der Waals surface area contributed by atoms with Crippen molar-refractivity contribution >= 4 is 5.69 Å². The van der Waals surface area contributed by atoms with E-state index in [9.17, 15) is 5.11 Å². The van der Waals surface area contributed by atoms with Gasteiger partial charge in [0.15, 0.2) is 11.5 Å². The summed E-state index contributed by atoms with van der Waals surface area (Å²) in [6.45, 7) is 8.25. The highest BCUT2D eigenvalue weighted by atomic mass is 16.5. The van der Waals surface area contributed by atoms with Crippen LogP contribution in [0.5, 0.6) is 17.2 Å². The van der Waals surface area contributed by atoms with E-state index in [-0.39, 0.29) is 0 Å². The summed E-state index contributed by atoms with van der Waals surface area (Å²) in [5, 5.41) is 10.8. The number of aliphatic hydroxyl groups is 1. The lowest BCUT2D eigenvalue weighted by Gasteiger charge is -2.37. The highest BCUT2D eigenvalue weighted by Gasteiger charge is 2.22. The molecule has 4 rings (SSSR count). The monoisotopic (exact) mass is 398 g/mol. The Balaban J connectivity index is 1.34. The SMILES string of the molecule is CCOc1ccccc1N1CCN(C[C@@H](O)c2ccc3c(c2)OCCCO3)CC1. The number of ether oxygens (including phenoxy) is 3. The number of fused-ring (bicyclic) bond motifs is 1. The Bertz CT molecular complexity index is 805. The number of anilines is 1. The summed E-state index contributed by atoms with van der Waals surface area (Å²) < 4.78 is 17.2. The van der Waals surface area contributed by atoms with Crippen LogP contribution in [0.15, 0.2) is 42.5 Å². The van der Waals surface area contributed by atoms with Gasteiger partial charge in [0.2, 0.25) is 0 Å². The molecular formula is C23H30N2O4. The minimum Gasteiger partial charge on any atom is -0.492 e. The van der Waals surface area contributed by atoms with Crippen molar-refractivity contribution in [3.63, 3.8) is 0 Å². The molecule has 1 fully saturated rings. The van der Waals surface area contributed by atoms with Crippen LogP contribution < -0.4 is 19.1 Å². The van der Waals surface area contributed by atoms with E-state index in [2.05, 4.69) is 21.9 Å². The third kappa shape index (κ3) is 4.77. The molecule has 2 aromatic rings. The molecule has 2 aliphatic heterocycles. The Morgan fingerprint density at radius 2 is 1.76 bits per heavy atom. The van der Waals surface area contributed by atoms with Gasteiger partial charge in [-0.05, 0) is 36.8 Å². The van der Waals surface area contributed by atoms with Gasteiger partial charge in [0.25, 0.3) is 0 Å². The van der Waals surface area contributed by atoms with Crippen molar-refractivity contribution in [2.75, 3.05) is 57.4 Å². The molecular weight excluding hydrogens is 368 g/mol. The first-order valence-corrected chi connectivity index (χ1v) is 10.5. The molecule has 0 aliphatic carbocycles. The molecule has 6 heteroatoms. The van der Waals surface area contributed by atoms with Gasteiger partial charge < -0.3 is 24.2 Å². The molecule has 2 aromatic carbocycles. The summed E-state index contributed by atoms with van der Waals surface area (Å²) in [4.78, 5) is 4.68. The van der Waals surface area contributed by atoms with Crippen molar-refractivity contribution in [1.29, 1.82) is 0 Å². The Labute approximate surface area is 172 Å². The van der Waals surface area contributed by atoms with Gasteiger partial charge in [-0.15, -0.1) is 0 Å². The van der Waals surface area contributed by atoms with Crippen molar-refractivity contribution < 1.29 is 19.3 Å². The molecule has 1 atom stereocenters. The van der Waals surface area contributed by atoms with Crippen molar-refractivity contribution in [3.8, 4) is 17.2 Å². The van der Waals surface area contributed by atoms with Gasteiger partial charge in [0.05, 0.1) is 31.6 Å². The van der Waals surface area contributed by atoms with Gasteiger partial charge in [-0.2, -0.15) is 0 Å². The van der Waals surface area contributed by atoms with Gasteiger partial charge in [-0.1, -0.05) is 18.2 Å². The van der Waals surface area contributed by atoms with Crippen molar-refractivity contribution in [3.05, 3.63) is 48.0 Å². The smallest absolute Gasteiger partial charge is 0.161 e. The van der Waals surface area contributed by atoms with Gasteiger partial charge in [0, 0.05) is 39.1 Å². The van der Waals surface area contributed by atoms with Crippen LogP contribution in [-0.4, -0.2) is 62.6 Å². The number of benzene rings is 2. The maximum atomic E-state index is 10.8. The standard InChI is InChI=1S/C23H30N2O4/c1-2-27-21-7-4-3-6-19(21)25-12-10-24(11-13-25)17-20(26)18-8-9-22-23(16-18)29-15-5-14-28-22/h3-4,6-9,16,20,26H,2,5,10-15,17H2,1H3/t20-/m1/s1. The topological polar surface area (TPSA) is 54.4 Å². The Kier molecular flexibility index (Phi) is 6.42. The lowest BCUT2D eigenvalue weighted by molar-refractivity contribution is 0.109. The van der Waals surface area contributed by atoms with Gasteiger partial charge in [0.1, 0.15) is 5.75 Å². The Morgan fingerprint density at radius 3 is 2.55 bits per heavy atom. The summed E-state index contributed by atoms with van der Waals surface area (Å²) in [5.74, 6) is 2.44. The van der Waals surface area contributed by atoms with Crippen LogP contribution in [0.25, 0.3) is 0 Å². The number of hydrogen-bond donors (Lipinski definition) is 1. The molecule has 2 aliphatic rings. The quantitative estimate of drug-likeness (QED) is 0.807. The van der Waals surface area contributed by atoms with Crippen molar-refractivity contribution in [2.45, 2.75) is 19.4 Å². The summed E-state index contributed by atoms with van der Waals surface area (Å²) >= 11 is 0. The molecule has 1 saturated heterocycles.